The Kier molecular flexibility index (Phi) is 7.44. The van der Waals surface area contributed by atoms with Crippen LogP contribution in [-0.4, -0.2) is 43.5 Å². The molecule has 1 aromatic carbocycles. The minimum Gasteiger partial charge on any atom is -0.352 e. The van der Waals surface area contributed by atoms with Crippen LogP contribution < -0.4 is 5.32 Å². The predicted octanol–water partition coefficient (Wildman–Crippen LogP) is 2.72. The summed E-state index contributed by atoms with van der Waals surface area (Å²) in [6.07, 6.45) is 7.84. The van der Waals surface area contributed by atoms with Crippen LogP contribution in [0.4, 0.5) is 0 Å². The molecule has 0 unspecified atom stereocenters. The van der Waals surface area contributed by atoms with Crippen LogP contribution in [0.2, 0.25) is 0 Å². The van der Waals surface area contributed by atoms with Gasteiger partial charge in [0.2, 0.25) is 15.9 Å². The Bertz CT molecular complexity index is 640. The van der Waals surface area contributed by atoms with E-state index in [4.69, 9.17) is 0 Å². The highest BCUT2D eigenvalue weighted by molar-refractivity contribution is 7.88. The lowest BCUT2D eigenvalue weighted by Crippen LogP contribution is -2.48. The SMILES string of the molecule is C[C@@H](CCc1ccccc1)NC(=O)CN(C1CCCCC1)S(C)(=O)=O. The summed E-state index contributed by atoms with van der Waals surface area (Å²) >= 11 is 0. The molecule has 0 aliphatic heterocycles. The van der Waals surface area contributed by atoms with Gasteiger partial charge >= 0.3 is 0 Å². The fourth-order valence-electron chi connectivity index (χ4n) is 3.45. The molecule has 6 heteroatoms. The predicted molar refractivity (Wildman–Crippen MR) is 101 cm³/mol. The third kappa shape index (κ3) is 6.78. The first kappa shape index (κ1) is 19.9. The van der Waals surface area contributed by atoms with Crippen LogP contribution in [0.1, 0.15) is 51.0 Å². The van der Waals surface area contributed by atoms with Gasteiger partial charge in [-0.3, -0.25) is 4.79 Å². The van der Waals surface area contributed by atoms with Gasteiger partial charge in [-0.1, -0.05) is 49.6 Å². The van der Waals surface area contributed by atoms with E-state index in [2.05, 4.69) is 17.4 Å². The molecule has 1 saturated carbocycles. The zero-order valence-corrected chi connectivity index (χ0v) is 16.1. The summed E-state index contributed by atoms with van der Waals surface area (Å²) in [4.78, 5) is 12.3. The number of benzene rings is 1. The number of carbonyl (C=O) groups is 1. The van der Waals surface area contributed by atoms with Crippen molar-refractivity contribution in [3.05, 3.63) is 35.9 Å². The van der Waals surface area contributed by atoms with E-state index in [1.165, 1.54) is 16.1 Å². The molecule has 25 heavy (non-hydrogen) atoms. The third-order valence-corrected chi connectivity index (χ3v) is 6.10. The van der Waals surface area contributed by atoms with Crippen LogP contribution in [0.5, 0.6) is 0 Å². The minimum absolute atomic E-state index is 0.0143. The molecular weight excluding hydrogens is 336 g/mol. The molecule has 0 aromatic heterocycles. The third-order valence-electron chi connectivity index (χ3n) is 4.82. The molecule has 1 amide bonds. The average molecular weight is 367 g/mol. The summed E-state index contributed by atoms with van der Waals surface area (Å²) in [6.45, 7) is 1.89. The number of nitrogens with zero attached hydrogens (tertiary/aromatic N) is 1. The summed E-state index contributed by atoms with van der Waals surface area (Å²) in [6, 6.07) is 10.1. The van der Waals surface area contributed by atoms with Crippen molar-refractivity contribution in [1.82, 2.24) is 9.62 Å². The maximum atomic E-state index is 12.3. The quantitative estimate of drug-likeness (QED) is 0.769. The van der Waals surface area contributed by atoms with Crippen LogP contribution in [0.25, 0.3) is 0 Å². The molecule has 2 rings (SSSR count). The molecule has 1 aromatic rings. The zero-order chi connectivity index (χ0) is 18.3. The number of hydrogen-bond donors (Lipinski definition) is 1. The smallest absolute Gasteiger partial charge is 0.235 e. The van der Waals surface area contributed by atoms with Gasteiger partial charge in [-0.25, -0.2) is 8.42 Å². The standard InChI is InChI=1S/C19H30N2O3S/c1-16(13-14-17-9-5-3-6-10-17)20-19(22)15-21(25(2,23)24)18-11-7-4-8-12-18/h3,5-6,9-10,16,18H,4,7-8,11-15H2,1-2H3,(H,20,22)/t16-/m0/s1. The molecule has 1 N–H and O–H groups in total. The maximum Gasteiger partial charge on any atom is 0.235 e. The van der Waals surface area contributed by atoms with Crippen LogP contribution in [-0.2, 0) is 21.2 Å². The average Bonchev–Trinajstić information content (AvgIpc) is 2.58. The molecule has 1 aliphatic carbocycles. The van der Waals surface area contributed by atoms with Crippen LogP contribution in [0.3, 0.4) is 0 Å². The van der Waals surface area contributed by atoms with Gasteiger partial charge in [-0.05, 0) is 38.2 Å². The molecule has 1 atom stereocenters. The highest BCUT2D eigenvalue weighted by atomic mass is 32.2. The number of carbonyl (C=O) groups excluding carboxylic acids is 1. The Labute approximate surface area is 151 Å². The van der Waals surface area contributed by atoms with Gasteiger partial charge in [0.05, 0.1) is 12.8 Å². The lowest BCUT2D eigenvalue weighted by atomic mass is 9.95. The topological polar surface area (TPSA) is 66.5 Å². The molecule has 140 valence electrons. The molecule has 5 nitrogen and oxygen atoms in total. The molecule has 0 spiro atoms. The Morgan fingerprint density at radius 2 is 1.84 bits per heavy atom. The molecule has 1 aliphatic rings. The second-order valence-corrected chi connectivity index (χ2v) is 9.03. The highest BCUT2D eigenvalue weighted by Gasteiger charge is 2.30. The molecule has 0 heterocycles. The van der Waals surface area contributed by atoms with Crippen LogP contribution in [0.15, 0.2) is 30.3 Å². The van der Waals surface area contributed by atoms with Crippen molar-refractivity contribution in [1.29, 1.82) is 0 Å². The summed E-state index contributed by atoms with van der Waals surface area (Å²) < 4.78 is 25.6. The van der Waals surface area contributed by atoms with Crippen molar-refractivity contribution < 1.29 is 13.2 Å². The Balaban J connectivity index is 1.85. The van der Waals surface area contributed by atoms with E-state index in [-0.39, 0.29) is 24.5 Å². The van der Waals surface area contributed by atoms with E-state index >= 15 is 0 Å². The second kappa shape index (κ2) is 9.34. The Morgan fingerprint density at radius 3 is 2.44 bits per heavy atom. The molecule has 1 fully saturated rings. The normalized spacial score (nSPS) is 17.4. The summed E-state index contributed by atoms with van der Waals surface area (Å²) in [5, 5.41) is 2.95. The highest BCUT2D eigenvalue weighted by Crippen LogP contribution is 2.24. The Morgan fingerprint density at radius 1 is 1.20 bits per heavy atom. The van der Waals surface area contributed by atoms with E-state index in [1.807, 2.05) is 25.1 Å². The number of aryl methyl sites for hydroxylation is 1. The number of amides is 1. The van der Waals surface area contributed by atoms with Gasteiger partial charge in [-0.2, -0.15) is 4.31 Å². The van der Waals surface area contributed by atoms with Gasteiger partial charge in [0.15, 0.2) is 0 Å². The lowest BCUT2D eigenvalue weighted by molar-refractivity contribution is -0.122. The van der Waals surface area contributed by atoms with Gasteiger partial charge in [0, 0.05) is 12.1 Å². The van der Waals surface area contributed by atoms with Gasteiger partial charge in [-0.15, -0.1) is 0 Å². The first-order valence-electron chi connectivity index (χ1n) is 9.16. The van der Waals surface area contributed by atoms with Crippen molar-refractivity contribution in [3.63, 3.8) is 0 Å². The zero-order valence-electron chi connectivity index (χ0n) is 15.3. The fourth-order valence-corrected chi connectivity index (χ4v) is 4.55. The first-order chi connectivity index (χ1) is 11.9. The molecule has 0 saturated heterocycles. The van der Waals surface area contributed by atoms with Crippen LogP contribution in [0, 0.1) is 0 Å². The number of rotatable bonds is 8. The van der Waals surface area contributed by atoms with Crippen molar-refractivity contribution in [2.45, 2.75) is 64.0 Å². The van der Waals surface area contributed by atoms with Crippen molar-refractivity contribution in [2.24, 2.45) is 0 Å². The Hall–Kier alpha value is -1.40. The van der Waals surface area contributed by atoms with E-state index < -0.39 is 10.0 Å². The monoisotopic (exact) mass is 366 g/mol. The van der Waals surface area contributed by atoms with E-state index in [0.717, 1.165) is 44.9 Å². The molecular formula is C19H30N2O3S. The maximum absolute atomic E-state index is 12.3. The molecule has 0 radical (unpaired) electrons. The van der Waals surface area contributed by atoms with Crippen LogP contribution >= 0.6 is 0 Å². The summed E-state index contributed by atoms with van der Waals surface area (Å²) in [5.41, 5.74) is 1.24. The summed E-state index contributed by atoms with van der Waals surface area (Å²) in [7, 11) is -3.38. The van der Waals surface area contributed by atoms with Crippen molar-refractivity contribution >= 4 is 15.9 Å². The van der Waals surface area contributed by atoms with Crippen molar-refractivity contribution in [3.8, 4) is 0 Å². The van der Waals surface area contributed by atoms with Gasteiger partial charge < -0.3 is 5.32 Å². The van der Waals surface area contributed by atoms with E-state index in [1.54, 1.807) is 0 Å². The largest absolute Gasteiger partial charge is 0.352 e. The second-order valence-electron chi connectivity index (χ2n) is 7.09. The molecule has 0 bridgehead atoms. The lowest BCUT2D eigenvalue weighted by Gasteiger charge is -2.32. The fraction of sp³-hybridized carbons (Fsp3) is 0.632. The van der Waals surface area contributed by atoms with Gasteiger partial charge in [0.25, 0.3) is 0 Å². The first-order valence-corrected chi connectivity index (χ1v) is 11.0. The van der Waals surface area contributed by atoms with Gasteiger partial charge in [0.1, 0.15) is 0 Å². The van der Waals surface area contributed by atoms with Crippen molar-refractivity contribution in [2.75, 3.05) is 12.8 Å². The minimum atomic E-state index is -3.38. The number of nitrogens with one attached hydrogen (secondary N) is 1. The number of sulfonamides is 1. The number of hydrogen-bond acceptors (Lipinski definition) is 3. The van der Waals surface area contributed by atoms with E-state index in [0.29, 0.717) is 0 Å². The van der Waals surface area contributed by atoms with E-state index in [9.17, 15) is 13.2 Å². The summed E-state index contributed by atoms with van der Waals surface area (Å²) in [5.74, 6) is -0.212.